The summed E-state index contributed by atoms with van der Waals surface area (Å²) in [7, 11) is 6.63. The van der Waals surface area contributed by atoms with Gasteiger partial charge in [-0.2, -0.15) is 0 Å². The van der Waals surface area contributed by atoms with Crippen LogP contribution in [0.25, 0.3) is 0 Å². The quantitative estimate of drug-likeness (QED) is 0.531. The summed E-state index contributed by atoms with van der Waals surface area (Å²) in [5.74, 6) is -0.0501. The van der Waals surface area contributed by atoms with Crippen molar-refractivity contribution in [2.45, 2.75) is 43.9 Å². The first-order chi connectivity index (χ1) is 9.73. The molecule has 0 aromatic heterocycles. The zero-order valence-corrected chi connectivity index (χ0v) is 12.8. The minimum absolute atomic E-state index is 0.163. The normalized spacial score (nSPS) is 35.6. The summed E-state index contributed by atoms with van der Waals surface area (Å²) in [6.07, 6.45) is 7.74. The van der Waals surface area contributed by atoms with Crippen LogP contribution in [-0.4, -0.2) is 46.6 Å². The van der Waals surface area contributed by atoms with Crippen molar-refractivity contribution in [2.24, 2.45) is 11.8 Å². The molecular formula is C15H26O5. The van der Waals surface area contributed by atoms with Gasteiger partial charge in [0, 0.05) is 27.2 Å². The van der Waals surface area contributed by atoms with E-state index in [1.54, 1.807) is 34.7 Å². The van der Waals surface area contributed by atoms with E-state index in [0.717, 1.165) is 25.7 Å². The fraction of sp³-hybridized carbons (Fsp3) is 0.867. The molecule has 1 unspecified atom stereocenters. The number of fused-ring (bicyclic) bond motifs is 1. The van der Waals surface area contributed by atoms with Crippen LogP contribution in [0.3, 0.4) is 0 Å². The van der Waals surface area contributed by atoms with E-state index >= 15 is 0 Å². The zero-order chi connectivity index (χ0) is 14.6. The van der Waals surface area contributed by atoms with Gasteiger partial charge in [-0.15, -0.1) is 0 Å². The van der Waals surface area contributed by atoms with Crippen molar-refractivity contribution in [3.8, 4) is 0 Å². The molecule has 2 rings (SSSR count). The van der Waals surface area contributed by atoms with E-state index in [1.165, 1.54) is 0 Å². The van der Waals surface area contributed by atoms with Gasteiger partial charge in [0.25, 0.3) is 0 Å². The maximum absolute atomic E-state index is 5.98. The molecule has 0 aromatic rings. The van der Waals surface area contributed by atoms with E-state index in [9.17, 15) is 0 Å². The Morgan fingerprint density at radius 1 is 1.15 bits per heavy atom. The van der Waals surface area contributed by atoms with Crippen molar-refractivity contribution in [3.63, 3.8) is 0 Å². The number of ether oxygens (including phenoxy) is 5. The van der Waals surface area contributed by atoms with E-state index in [0.29, 0.717) is 5.92 Å². The van der Waals surface area contributed by atoms with Gasteiger partial charge in [0.2, 0.25) is 12.1 Å². The van der Waals surface area contributed by atoms with Crippen LogP contribution >= 0.6 is 0 Å². The minimum Gasteiger partial charge on any atom is -0.505 e. The van der Waals surface area contributed by atoms with Gasteiger partial charge < -0.3 is 23.7 Å². The first-order valence-electron chi connectivity index (χ1n) is 7.19. The van der Waals surface area contributed by atoms with Crippen molar-refractivity contribution < 1.29 is 23.7 Å². The van der Waals surface area contributed by atoms with Crippen LogP contribution in [0.2, 0.25) is 0 Å². The lowest BCUT2D eigenvalue weighted by molar-refractivity contribution is -0.311. The van der Waals surface area contributed by atoms with Gasteiger partial charge in [0.1, 0.15) is 0 Å². The molecule has 0 bridgehead atoms. The molecule has 1 heterocycles. The van der Waals surface area contributed by atoms with Gasteiger partial charge in [-0.1, -0.05) is 0 Å². The number of methoxy groups -OCH3 is 4. The summed E-state index contributed by atoms with van der Waals surface area (Å²) in [4.78, 5) is 0. The molecular weight excluding hydrogens is 260 g/mol. The predicted octanol–water partition coefficient (Wildman–Crippen LogP) is 2.31. The molecule has 4 atom stereocenters. The van der Waals surface area contributed by atoms with Crippen LogP contribution in [-0.2, 0) is 23.7 Å². The molecule has 116 valence electrons. The van der Waals surface area contributed by atoms with Crippen molar-refractivity contribution in [3.05, 3.63) is 12.3 Å². The average molecular weight is 286 g/mol. The van der Waals surface area contributed by atoms with Crippen molar-refractivity contribution in [1.82, 2.24) is 0 Å². The Kier molecular flexibility index (Phi) is 5.43. The fourth-order valence-electron chi connectivity index (χ4n) is 3.76. The summed E-state index contributed by atoms with van der Waals surface area (Å²) in [6, 6.07) is 0. The van der Waals surface area contributed by atoms with E-state index in [4.69, 9.17) is 23.7 Å². The monoisotopic (exact) mass is 286 g/mol. The Morgan fingerprint density at radius 2 is 1.90 bits per heavy atom. The van der Waals surface area contributed by atoms with E-state index < -0.39 is 12.1 Å². The molecule has 0 amide bonds. The van der Waals surface area contributed by atoms with E-state index in [2.05, 4.69) is 6.08 Å². The van der Waals surface area contributed by atoms with Crippen molar-refractivity contribution in [1.29, 1.82) is 0 Å². The molecule has 2 fully saturated rings. The number of allylic oxidation sites excluding steroid dienone is 1. The highest BCUT2D eigenvalue weighted by molar-refractivity contribution is 5.02. The number of hydrogen-bond acceptors (Lipinski definition) is 5. The lowest BCUT2D eigenvalue weighted by atomic mass is 9.85. The summed E-state index contributed by atoms with van der Waals surface area (Å²) < 4.78 is 27.8. The molecule has 1 aliphatic carbocycles. The van der Waals surface area contributed by atoms with Crippen LogP contribution in [0.15, 0.2) is 12.3 Å². The van der Waals surface area contributed by atoms with Crippen LogP contribution in [0.5, 0.6) is 0 Å². The molecule has 1 saturated heterocycles. The largest absolute Gasteiger partial charge is 0.505 e. The van der Waals surface area contributed by atoms with Crippen LogP contribution in [0.4, 0.5) is 0 Å². The third kappa shape index (κ3) is 2.60. The minimum atomic E-state index is -0.786. The maximum atomic E-state index is 5.98. The second-order valence-electron chi connectivity index (χ2n) is 5.42. The third-order valence-corrected chi connectivity index (χ3v) is 4.61. The number of rotatable bonds is 7. The van der Waals surface area contributed by atoms with Gasteiger partial charge in [0.15, 0.2) is 0 Å². The highest BCUT2D eigenvalue weighted by Gasteiger charge is 2.62. The molecule has 5 heteroatoms. The second kappa shape index (κ2) is 6.89. The highest BCUT2D eigenvalue weighted by Crippen LogP contribution is 2.52. The van der Waals surface area contributed by atoms with E-state index in [-0.39, 0.29) is 12.0 Å². The Labute approximate surface area is 121 Å². The van der Waals surface area contributed by atoms with Gasteiger partial charge in [-0.3, -0.25) is 0 Å². The third-order valence-electron chi connectivity index (χ3n) is 4.61. The van der Waals surface area contributed by atoms with Crippen molar-refractivity contribution >= 4 is 0 Å². The lowest BCUT2D eigenvalue weighted by Crippen LogP contribution is -2.50. The summed E-state index contributed by atoms with van der Waals surface area (Å²) in [6.45, 7) is 0. The molecule has 20 heavy (non-hydrogen) atoms. The second-order valence-corrected chi connectivity index (χ2v) is 5.42. The summed E-state index contributed by atoms with van der Waals surface area (Å²) in [5.41, 5.74) is 0. The smallest absolute Gasteiger partial charge is 0.225 e. The average Bonchev–Trinajstić information content (AvgIpc) is 3.01. The summed E-state index contributed by atoms with van der Waals surface area (Å²) in [5, 5.41) is 0. The van der Waals surface area contributed by atoms with Gasteiger partial charge in [0.05, 0.1) is 19.5 Å². The molecule has 0 radical (unpaired) electrons. The number of hydrogen-bond donors (Lipinski definition) is 0. The van der Waals surface area contributed by atoms with Crippen molar-refractivity contribution in [2.75, 3.05) is 28.4 Å². The standard InChI is InChI=1S/C15H26O5/c1-16-10-6-5-7-11-8-9-12-13(11)15(18-3,19-4)14(17-2)20-12/h6,10-14H,5,7-9H2,1-4H3/b10-6+/t11-,12-,13+,14?/m0/s1. The molecule has 0 N–H and O–H groups in total. The Hall–Kier alpha value is -0.620. The lowest BCUT2D eigenvalue weighted by Gasteiger charge is -2.36. The Balaban J connectivity index is 2.08. The molecule has 1 saturated carbocycles. The first kappa shape index (κ1) is 15.8. The maximum Gasteiger partial charge on any atom is 0.225 e. The first-order valence-corrected chi connectivity index (χ1v) is 7.19. The highest BCUT2D eigenvalue weighted by atomic mass is 16.8. The Bertz CT molecular complexity index is 326. The SMILES string of the molecule is CO/C=C/CC[C@H]1CC[C@@H]2OC(OC)C(OC)(OC)[C@H]12. The topological polar surface area (TPSA) is 46.2 Å². The molecule has 1 aliphatic heterocycles. The molecule has 0 aromatic carbocycles. The van der Waals surface area contributed by atoms with E-state index in [1.807, 2.05) is 0 Å². The van der Waals surface area contributed by atoms with Gasteiger partial charge in [-0.25, -0.2) is 0 Å². The van der Waals surface area contributed by atoms with Crippen LogP contribution < -0.4 is 0 Å². The molecule has 2 aliphatic rings. The van der Waals surface area contributed by atoms with Crippen LogP contribution in [0.1, 0.15) is 25.7 Å². The summed E-state index contributed by atoms with van der Waals surface area (Å²) >= 11 is 0. The predicted molar refractivity (Wildman–Crippen MR) is 74.0 cm³/mol. The molecule has 0 spiro atoms. The zero-order valence-electron chi connectivity index (χ0n) is 12.8. The van der Waals surface area contributed by atoms with Gasteiger partial charge >= 0.3 is 0 Å². The fourth-order valence-corrected chi connectivity index (χ4v) is 3.76. The molecule has 5 nitrogen and oxygen atoms in total. The Morgan fingerprint density at radius 3 is 2.50 bits per heavy atom. The van der Waals surface area contributed by atoms with Gasteiger partial charge in [-0.05, 0) is 37.7 Å². The van der Waals surface area contributed by atoms with Crippen LogP contribution in [0, 0.1) is 11.8 Å².